The molecule has 0 aromatic heterocycles. The van der Waals surface area contributed by atoms with E-state index in [1.807, 2.05) is 32.0 Å². The van der Waals surface area contributed by atoms with E-state index in [1.165, 1.54) is 0 Å². The molecule has 1 N–H and O–H groups in total. The molecule has 1 rings (SSSR count). The van der Waals surface area contributed by atoms with Gasteiger partial charge < -0.3 is 9.42 Å². The molecular weight excluding hydrogens is 211 g/mol. The third kappa shape index (κ3) is 3.45. The lowest BCUT2D eigenvalue weighted by Gasteiger charge is -2.13. The summed E-state index contributed by atoms with van der Waals surface area (Å²) in [7, 11) is -3.46. The predicted octanol–water partition coefficient (Wildman–Crippen LogP) is 3.03. The van der Waals surface area contributed by atoms with Crippen LogP contribution in [0.3, 0.4) is 0 Å². The van der Waals surface area contributed by atoms with Gasteiger partial charge in [0, 0.05) is 0 Å². The van der Waals surface area contributed by atoms with Crippen molar-refractivity contribution in [2.75, 3.05) is 6.61 Å². The van der Waals surface area contributed by atoms with Crippen LogP contribution in [0.4, 0.5) is 0 Å². The largest absolute Gasteiger partial charge is 0.332 e. The van der Waals surface area contributed by atoms with Crippen LogP contribution in [0, 0.1) is 13.8 Å². The lowest BCUT2D eigenvalue weighted by atomic mass is 10.1. The van der Waals surface area contributed by atoms with Gasteiger partial charge in [-0.15, -0.1) is 0 Å². The molecule has 1 unspecified atom stereocenters. The van der Waals surface area contributed by atoms with Crippen LogP contribution in [-0.2, 0) is 15.3 Å². The van der Waals surface area contributed by atoms with Gasteiger partial charge in [0.1, 0.15) is 0 Å². The summed E-state index contributed by atoms with van der Waals surface area (Å²) in [5.41, 5.74) is 3.07. The molecule has 0 spiro atoms. The Labute approximate surface area is 90.6 Å². The molecular formula is C11H17O3P. The topological polar surface area (TPSA) is 46.5 Å². The zero-order valence-corrected chi connectivity index (χ0v) is 10.3. The van der Waals surface area contributed by atoms with Crippen LogP contribution in [0.2, 0.25) is 0 Å². The van der Waals surface area contributed by atoms with Gasteiger partial charge in [0.2, 0.25) is 0 Å². The van der Waals surface area contributed by atoms with Crippen molar-refractivity contribution in [1.82, 2.24) is 0 Å². The zero-order valence-electron chi connectivity index (χ0n) is 9.36. The SMILES string of the molecule is CCOP(=O)(O)Cc1cccc(C)c1C. The minimum Gasteiger partial charge on any atom is -0.324 e. The molecule has 0 aliphatic heterocycles. The molecule has 0 aliphatic rings. The quantitative estimate of drug-likeness (QED) is 0.806. The minimum atomic E-state index is -3.46. The lowest BCUT2D eigenvalue weighted by Crippen LogP contribution is -1.96. The van der Waals surface area contributed by atoms with Crippen molar-refractivity contribution < 1.29 is 14.0 Å². The first-order chi connectivity index (χ1) is 6.96. The van der Waals surface area contributed by atoms with E-state index in [1.54, 1.807) is 6.92 Å². The molecule has 0 aliphatic carbocycles. The molecule has 0 saturated heterocycles. The van der Waals surface area contributed by atoms with E-state index in [0.717, 1.165) is 16.7 Å². The van der Waals surface area contributed by atoms with E-state index in [9.17, 15) is 9.46 Å². The maximum atomic E-state index is 11.6. The second-order valence-corrected chi connectivity index (χ2v) is 5.42. The monoisotopic (exact) mass is 228 g/mol. The molecule has 1 aromatic carbocycles. The Morgan fingerprint density at radius 1 is 1.40 bits per heavy atom. The highest BCUT2D eigenvalue weighted by Crippen LogP contribution is 2.46. The minimum absolute atomic E-state index is 0.0916. The molecule has 0 fully saturated rings. The number of hydrogen-bond acceptors (Lipinski definition) is 2. The predicted molar refractivity (Wildman–Crippen MR) is 61.1 cm³/mol. The summed E-state index contributed by atoms with van der Waals surface area (Å²) < 4.78 is 16.4. The number of benzene rings is 1. The maximum absolute atomic E-state index is 11.6. The van der Waals surface area contributed by atoms with E-state index < -0.39 is 7.60 Å². The van der Waals surface area contributed by atoms with Gasteiger partial charge in [-0.2, -0.15) is 0 Å². The highest BCUT2D eigenvalue weighted by molar-refractivity contribution is 7.51. The smallest absolute Gasteiger partial charge is 0.324 e. The summed E-state index contributed by atoms with van der Waals surface area (Å²) in [4.78, 5) is 9.52. The second-order valence-electron chi connectivity index (χ2n) is 3.57. The fourth-order valence-electron chi connectivity index (χ4n) is 1.45. The molecule has 0 saturated carbocycles. The third-order valence-electron chi connectivity index (χ3n) is 2.42. The molecule has 4 heteroatoms. The van der Waals surface area contributed by atoms with Crippen molar-refractivity contribution in [3.8, 4) is 0 Å². The molecule has 84 valence electrons. The molecule has 3 nitrogen and oxygen atoms in total. The highest BCUT2D eigenvalue weighted by Gasteiger charge is 2.20. The Bertz CT molecular complexity index is 387. The average molecular weight is 228 g/mol. The summed E-state index contributed by atoms with van der Waals surface area (Å²) in [6, 6.07) is 5.75. The molecule has 1 aromatic rings. The van der Waals surface area contributed by atoms with Crippen molar-refractivity contribution in [2.24, 2.45) is 0 Å². The van der Waals surface area contributed by atoms with Crippen LogP contribution in [0.5, 0.6) is 0 Å². The fraction of sp³-hybridized carbons (Fsp3) is 0.455. The Balaban J connectivity index is 2.90. The Morgan fingerprint density at radius 2 is 2.07 bits per heavy atom. The summed E-state index contributed by atoms with van der Waals surface area (Å²) in [5.74, 6) is 0. The van der Waals surface area contributed by atoms with E-state index in [-0.39, 0.29) is 12.8 Å². The normalized spacial score (nSPS) is 14.9. The van der Waals surface area contributed by atoms with Crippen LogP contribution in [0.15, 0.2) is 18.2 Å². The van der Waals surface area contributed by atoms with Crippen molar-refractivity contribution >= 4 is 7.60 Å². The summed E-state index contributed by atoms with van der Waals surface area (Å²) in [6.45, 7) is 5.92. The molecule has 0 amide bonds. The van der Waals surface area contributed by atoms with E-state index in [0.29, 0.717) is 0 Å². The van der Waals surface area contributed by atoms with Crippen LogP contribution >= 0.6 is 7.60 Å². The average Bonchev–Trinajstić information content (AvgIpc) is 2.12. The molecule has 0 bridgehead atoms. The Hall–Kier alpha value is -0.630. The van der Waals surface area contributed by atoms with Crippen LogP contribution in [0.1, 0.15) is 23.6 Å². The fourth-order valence-corrected chi connectivity index (χ4v) is 2.71. The third-order valence-corrected chi connectivity index (χ3v) is 3.82. The maximum Gasteiger partial charge on any atom is 0.332 e. The Morgan fingerprint density at radius 3 is 2.67 bits per heavy atom. The van der Waals surface area contributed by atoms with Crippen LogP contribution in [-0.4, -0.2) is 11.5 Å². The standard InChI is InChI=1S/C11H17O3P/c1-4-14-15(12,13)8-11-7-5-6-9(2)10(11)3/h5-7H,4,8H2,1-3H3,(H,12,13). The summed E-state index contributed by atoms with van der Waals surface area (Å²) in [5, 5.41) is 0. The van der Waals surface area contributed by atoms with E-state index >= 15 is 0 Å². The molecule has 15 heavy (non-hydrogen) atoms. The summed E-state index contributed by atoms with van der Waals surface area (Å²) >= 11 is 0. The molecule has 0 radical (unpaired) electrons. The van der Waals surface area contributed by atoms with Gasteiger partial charge in [-0.25, -0.2) is 0 Å². The second kappa shape index (κ2) is 4.93. The van der Waals surface area contributed by atoms with Crippen molar-refractivity contribution in [3.63, 3.8) is 0 Å². The highest BCUT2D eigenvalue weighted by atomic mass is 31.2. The van der Waals surface area contributed by atoms with Crippen LogP contribution < -0.4 is 0 Å². The van der Waals surface area contributed by atoms with Gasteiger partial charge in [0.15, 0.2) is 0 Å². The molecule has 0 heterocycles. The first kappa shape index (κ1) is 12.4. The molecule has 1 atom stereocenters. The number of hydrogen-bond donors (Lipinski definition) is 1. The van der Waals surface area contributed by atoms with E-state index in [2.05, 4.69) is 0 Å². The first-order valence-electron chi connectivity index (χ1n) is 4.97. The number of rotatable bonds is 4. The van der Waals surface area contributed by atoms with Gasteiger partial charge in [-0.1, -0.05) is 18.2 Å². The van der Waals surface area contributed by atoms with E-state index in [4.69, 9.17) is 4.52 Å². The first-order valence-corrected chi connectivity index (χ1v) is 6.74. The van der Waals surface area contributed by atoms with Gasteiger partial charge in [0.25, 0.3) is 0 Å². The summed E-state index contributed by atoms with van der Waals surface area (Å²) in [6.07, 6.45) is 0.0916. The van der Waals surface area contributed by atoms with Crippen LogP contribution in [0.25, 0.3) is 0 Å². The van der Waals surface area contributed by atoms with Gasteiger partial charge in [-0.3, -0.25) is 4.57 Å². The van der Waals surface area contributed by atoms with Crippen molar-refractivity contribution in [3.05, 3.63) is 34.9 Å². The Kier molecular flexibility index (Phi) is 4.09. The zero-order chi connectivity index (χ0) is 11.5. The van der Waals surface area contributed by atoms with Crippen molar-refractivity contribution in [2.45, 2.75) is 26.9 Å². The van der Waals surface area contributed by atoms with Gasteiger partial charge >= 0.3 is 7.60 Å². The van der Waals surface area contributed by atoms with Crippen molar-refractivity contribution in [1.29, 1.82) is 0 Å². The lowest BCUT2D eigenvalue weighted by molar-refractivity contribution is 0.272. The number of aryl methyl sites for hydroxylation is 1. The van der Waals surface area contributed by atoms with Gasteiger partial charge in [-0.05, 0) is 37.5 Å². The van der Waals surface area contributed by atoms with Gasteiger partial charge in [0.05, 0.1) is 12.8 Å².